The first-order chi connectivity index (χ1) is 11.0. The molecule has 0 fully saturated rings. The van der Waals surface area contributed by atoms with Gasteiger partial charge in [-0.3, -0.25) is 0 Å². The highest BCUT2D eigenvalue weighted by Gasteiger charge is 2.34. The molecule has 2 N–H and O–H groups in total. The smallest absolute Gasteiger partial charge is 0.124 e. The molecule has 2 unspecified atom stereocenters. The van der Waals surface area contributed by atoms with E-state index in [4.69, 9.17) is 0 Å². The minimum absolute atomic E-state index is 0.407. The van der Waals surface area contributed by atoms with Gasteiger partial charge in [-0.15, -0.1) is 11.3 Å². The summed E-state index contributed by atoms with van der Waals surface area (Å²) in [7, 11) is 0. The molecule has 5 heteroatoms. The average molecular weight is 327 g/mol. The lowest BCUT2D eigenvalue weighted by atomic mass is 9.89. The van der Waals surface area contributed by atoms with E-state index in [0.29, 0.717) is 21.7 Å². The molecule has 2 atom stereocenters. The summed E-state index contributed by atoms with van der Waals surface area (Å²) in [4.78, 5) is 5.09. The summed E-state index contributed by atoms with van der Waals surface area (Å²) in [5, 5.41) is 21.8. The Kier molecular flexibility index (Phi) is 3.30. The number of hydrogen-bond donors (Lipinski definition) is 2. The van der Waals surface area contributed by atoms with Crippen LogP contribution in [0.25, 0.3) is 10.6 Å². The van der Waals surface area contributed by atoms with Gasteiger partial charge in [-0.05, 0) is 30.2 Å². The van der Waals surface area contributed by atoms with Crippen molar-refractivity contribution in [3.63, 3.8) is 0 Å². The molecule has 1 heterocycles. The Hall–Kier alpha value is -2.08. The molecule has 1 aliphatic rings. The van der Waals surface area contributed by atoms with E-state index in [9.17, 15) is 14.6 Å². The summed E-state index contributed by atoms with van der Waals surface area (Å²) < 4.78 is 13.5. The van der Waals surface area contributed by atoms with Crippen LogP contribution >= 0.6 is 11.3 Å². The van der Waals surface area contributed by atoms with E-state index in [0.717, 1.165) is 16.1 Å². The fraction of sp³-hybridized carbons (Fsp3) is 0.167. The third-order valence-electron chi connectivity index (χ3n) is 4.12. The minimum atomic E-state index is -0.962. The molecule has 0 amide bonds. The highest BCUT2D eigenvalue weighted by atomic mass is 32.1. The van der Waals surface area contributed by atoms with Gasteiger partial charge in [-0.25, -0.2) is 9.37 Å². The van der Waals surface area contributed by atoms with Crippen molar-refractivity contribution in [3.8, 4) is 10.6 Å². The maximum atomic E-state index is 13.5. The molecule has 0 spiro atoms. The third-order valence-corrected chi connectivity index (χ3v) is 5.30. The molecule has 1 aliphatic carbocycles. The molecular weight excluding hydrogens is 313 g/mol. The molecule has 23 heavy (non-hydrogen) atoms. The van der Waals surface area contributed by atoms with Crippen LogP contribution in [0, 0.1) is 12.7 Å². The van der Waals surface area contributed by atoms with Gasteiger partial charge >= 0.3 is 0 Å². The summed E-state index contributed by atoms with van der Waals surface area (Å²) in [6.07, 6.45) is -1.91. The number of fused-ring (bicyclic) bond motifs is 2. The van der Waals surface area contributed by atoms with E-state index >= 15 is 0 Å². The van der Waals surface area contributed by atoms with Crippen molar-refractivity contribution in [2.45, 2.75) is 19.1 Å². The Labute approximate surface area is 136 Å². The van der Waals surface area contributed by atoms with Crippen LogP contribution in [-0.4, -0.2) is 15.2 Å². The first-order valence-corrected chi connectivity index (χ1v) is 8.09. The predicted octanol–water partition coefficient (Wildman–Crippen LogP) is 3.73. The SMILES string of the molecule is Cc1ccc(-c2nc3c(s2)C(O)c2cc(F)ccc2C3O)cc1. The van der Waals surface area contributed by atoms with Crippen molar-refractivity contribution in [1.82, 2.24) is 4.98 Å². The number of aliphatic hydroxyl groups excluding tert-OH is 2. The van der Waals surface area contributed by atoms with Crippen LogP contribution in [0.15, 0.2) is 42.5 Å². The van der Waals surface area contributed by atoms with Gasteiger partial charge < -0.3 is 10.2 Å². The van der Waals surface area contributed by atoms with E-state index in [1.807, 2.05) is 31.2 Å². The normalized spacial score (nSPS) is 19.3. The molecule has 2 aromatic carbocycles. The lowest BCUT2D eigenvalue weighted by Crippen LogP contribution is -2.16. The van der Waals surface area contributed by atoms with Crippen molar-refractivity contribution < 1.29 is 14.6 Å². The standard InChI is InChI=1S/C18H14FNO2S/c1-9-2-4-10(5-3-9)18-20-14-15(21)12-7-6-11(19)8-13(12)16(22)17(14)23-18/h2-8,15-16,21-22H,1H3. The largest absolute Gasteiger partial charge is 0.383 e. The van der Waals surface area contributed by atoms with Crippen LogP contribution in [0.4, 0.5) is 4.39 Å². The average Bonchev–Trinajstić information content (AvgIpc) is 2.99. The number of aromatic nitrogens is 1. The van der Waals surface area contributed by atoms with Gasteiger partial charge in [0.2, 0.25) is 0 Å². The molecule has 0 bridgehead atoms. The Bertz CT molecular complexity index is 889. The topological polar surface area (TPSA) is 53.4 Å². The fourth-order valence-corrected chi connectivity index (χ4v) is 3.98. The second-order valence-corrected chi connectivity index (χ2v) is 6.74. The van der Waals surface area contributed by atoms with Gasteiger partial charge in [-0.2, -0.15) is 0 Å². The maximum absolute atomic E-state index is 13.5. The van der Waals surface area contributed by atoms with E-state index < -0.39 is 18.0 Å². The lowest BCUT2D eigenvalue weighted by molar-refractivity contribution is 0.173. The molecule has 4 rings (SSSR count). The summed E-state index contributed by atoms with van der Waals surface area (Å²) in [6, 6.07) is 12.0. The van der Waals surface area contributed by atoms with Crippen LogP contribution in [0.3, 0.4) is 0 Å². The summed E-state index contributed by atoms with van der Waals surface area (Å²) in [6.45, 7) is 2.01. The highest BCUT2D eigenvalue weighted by Crippen LogP contribution is 2.45. The van der Waals surface area contributed by atoms with Gasteiger partial charge in [0.1, 0.15) is 23.0 Å². The van der Waals surface area contributed by atoms with E-state index in [2.05, 4.69) is 4.98 Å². The van der Waals surface area contributed by atoms with Gasteiger partial charge in [0.05, 0.1) is 10.6 Å². The number of halogens is 1. The van der Waals surface area contributed by atoms with E-state index in [1.54, 1.807) is 0 Å². The highest BCUT2D eigenvalue weighted by molar-refractivity contribution is 7.15. The molecule has 0 aliphatic heterocycles. The van der Waals surface area contributed by atoms with Gasteiger partial charge in [-0.1, -0.05) is 35.9 Å². The molecule has 0 saturated heterocycles. The Morgan fingerprint density at radius 2 is 1.74 bits per heavy atom. The summed E-state index contributed by atoms with van der Waals surface area (Å²) in [5.74, 6) is -0.429. The van der Waals surface area contributed by atoms with Crippen LogP contribution in [-0.2, 0) is 0 Å². The Morgan fingerprint density at radius 3 is 2.48 bits per heavy atom. The van der Waals surface area contributed by atoms with Gasteiger partial charge in [0.15, 0.2) is 0 Å². The number of thiazole rings is 1. The minimum Gasteiger partial charge on any atom is -0.383 e. The third kappa shape index (κ3) is 2.28. The molecule has 1 aromatic heterocycles. The predicted molar refractivity (Wildman–Crippen MR) is 86.8 cm³/mol. The zero-order chi connectivity index (χ0) is 16.1. The lowest BCUT2D eigenvalue weighted by Gasteiger charge is -2.24. The summed E-state index contributed by atoms with van der Waals surface area (Å²) in [5.41, 5.74) is 3.45. The van der Waals surface area contributed by atoms with Crippen LogP contribution in [0.5, 0.6) is 0 Å². The van der Waals surface area contributed by atoms with Crippen molar-refractivity contribution in [2.24, 2.45) is 0 Å². The molecule has 116 valence electrons. The number of nitrogens with zero attached hydrogens (tertiary/aromatic N) is 1. The van der Waals surface area contributed by atoms with Crippen molar-refractivity contribution in [2.75, 3.05) is 0 Å². The zero-order valence-corrected chi connectivity index (χ0v) is 13.1. The van der Waals surface area contributed by atoms with Crippen molar-refractivity contribution >= 4 is 11.3 Å². The molecular formula is C18H14FNO2S. The molecule has 3 nitrogen and oxygen atoms in total. The number of aliphatic hydroxyl groups is 2. The molecule has 3 aromatic rings. The van der Waals surface area contributed by atoms with E-state index in [-0.39, 0.29) is 0 Å². The maximum Gasteiger partial charge on any atom is 0.124 e. The van der Waals surface area contributed by atoms with Crippen LogP contribution in [0.2, 0.25) is 0 Å². The number of rotatable bonds is 1. The number of benzene rings is 2. The quantitative estimate of drug-likeness (QED) is 0.716. The zero-order valence-electron chi connectivity index (χ0n) is 12.3. The number of hydrogen-bond acceptors (Lipinski definition) is 4. The van der Waals surface area contributed by atoms with Crippen molar-refractivity contribution in [1.29, 1.82) is 0 Å². The van der Waals surface area contributed by atoms with Crippen LogP contribution in [0.1, 0.15) is 39.5 Å². The first kappa shape index (κ1) is 14.5. The monoisotopic (exact) mass is 327 g/mol. The van der Waals surface area contributed by atoms with Gasteiger partial charge in [0.25, 0.3) is 0 Å². The summed E-state index contributed by atoms with van der Waals surface area (Å²) >= 11 is 1.33. The second kappa shape index (κ2) is 5.23. The first-order valence-electron chi connectivity index (χ1n) is 7.27. The second-order valence-electron chi connectivity index (χ2n) is 5.71. The molecule has 0 radical (unpaired) electrons. The van der Waals surface area contributed by atoms with Gasteiger partial charge in [0, 0.05) is 5.56 Å². The Balaban J connectivity index is 1.84. The molecule has 0 saturated carbocycles. The van der Waals surface area contributed by atoms with Crippen molar-refractivity contribution in [3.05, 3.63) is 75.5 Å². The van der Waals surface area contributed by atoms with E-state index in [1.165, 1.54) is 29.5 Å². The van der Waals surface area contributed by atoms with Crippen LogP contribution < -0.4 is 0 Å². The number of aryl methyl sites for hydroxylation is 1. The fourth-order valence-electron chi connectivity index (χ4n) is 2.88. The Morgan fingerprint density at radius 1 is 1.00 bits per heavy atom.